The molecule has 0 N–H and O–H groups in total. The smallest absolute Gasteiger partial charge is 0.419 e. The van der Waals surface area contributed by atoms with Gasteiger partial charge >= 0.3 is 6.18 Å². The summed E-state index contributed by atoms with van der Waals surface area (Å²) in [5, 5.41) is 0. The number of rotatable bonds is 4. The maximum absolute atomic E-state index is 12.7. The minimum absolute atomic E-state index is 0.0218. The van der Waals surface area contributed by atoms with E-state index in [1.54, 1.807) is 0 Å². The van der Waals surface area contributed by atoms with Gasteiger partial charge in [-0.05, 0) is 12.1 Å². The highest BCUT2D eigenvalue weighted by Gasteiger charge is 2.36. The first-order valence-corrected chi connectivity index (χ1v) is 4.92. The van der Waals surface area contributed by atoms with E-state index in [9.17, 15) is 18.0 Å². The number of aldehydes is 1. The molecule has 0 saturated carbocycles. The molecule has 3 nitrogen and oxygen atoms in total. The maximum atomic E-state index is 12.7. The van der Waals surface area contributed by atoms with Crippen molar-refractivity contribution in [1.82, 2.24) is 0 Å². The Morgan fingerprint density at radius 2 is 2.18 bits per heavy atom. The van der Waals surface area contributed by atoms with Crippen LogP contribution < -0.4 is 4.74 Å². The largest absolute Gasteiger partial charge is 0.489 e. The Bertz CT molecular complexity index is 424. The molecule has 1 atom stereocenters. The molecule has 17 heavy (non-hydrogen) atoms. The normalized spacial score (nSPS) is 18.9. The predicted molar refractivity (Wildman–Crippen MR) is 52.1 cm³/mol. The highest BCUT2D eigenvalue weighted by molar-refractivity contribution is 5.80. The van der Waals surface area contributed by atoms with E-state index < -0.39 is 17.5 Å². The molecule has 0 aliphatic carbocycles. The standard InChI is InChI=1S/C11H9F3O3/c12-11(13,14)9-3-1-2-7(4-15)10(9)17-6-8-5-16-8/h1-4,8H,5-6H2. The van der Waals surface area contributed by atoms with E-state index >= 15 is 0 Å². The average Bonchev–Trinajstić information content (AvgIpc) is 3.08. The Morgan fingerprint density at radius 3 is 2.71 bits per heavy atom. The van der Waals surface area contributed by atoms with Gasteiger partial charge < -0.3 is 9.47 Å². The van der Waals surface area contributed by atoms with Crippen molar-refractivity contribution in [3.05, 3.63) is 29.3 Å². The summed E-state index contributed by atoms with van der Waals surface area (Å²) in [5.74, 6) is -0.425. The van der Waals surface area contributed by atoms with Gasteiger partial charge in [0.2, 0.25) is 0 Å². The van der Waals surface area contributed by atoms with Gasteiger partial charge in [0.05, 0.1) is 17.7 Å². The average molecular weight is 246 g/mol. The lowest BCUT2D eigenvalue weighted by Gasteiger charge is -2.14. The van der Waals surface area contributed by atoms with Crippen molar-refractivity contribution in [2.24, 2.45) is 0 Å². The maximum Gasteiger partial charge on any atom is 0.419 e. The molecule has 92 valence electrons. The number of carbonyl (C=O) groups is 1. The number of hydrogen-bond donors (Lipinski definition) is 0. The minimum atomic E-state index is -4.54. The van der Waals surface area contributed by atoms with Crippen LogP contribution in [0, 0.1) is 0 Å². The predicted octanol–water partition coefficient (Wildman–Crippen LogP) is 2.30. The van der Waals surface area contributed by atoms with Crippen LogP contribution in [0.5, 0.6) is 5.75 Å². The van der Waals surface area contributed by atoms with Crippen molar-refractivity contribution in [2.75, 3.05) is 13.2 Å². The van der Waals surface area contributed by atoms with Crippen molar-refractivity contribution >= 4 is 6.29 Å². The third-order valence-corrected chi connectivity index (χ3v) is 2.29. The Labute approximate surface area is 95.1 Å². The second-order valence-corrected chi connectivity index (χ2v) is 3.61. The molecule has 1 fully saturated rings. The number of carbonyl (C=O) groups excluding carboxylic acids is 1. The second-order valence-electron chi connectivity index (χ2n) is 3.61. The molecular weight excluding hydrogens is 237 g/mol. The van der Waals surface area contributed by atoms with Crippen LogP contribution in [-0.2, 0) is 10.9 Å². The molecule has 1 aromatic carbocycles. The monoisotopic (exact) mass is 246 g/mol. The summed E-state index contributed by atoms with van der Waals surface area (Å²) in [6.45, 7) is 0.499. The fraction of sp³-hybridized carbons (Fsp3) is 0.364. The van der Waals surface area contributed by atoms with E-state index in [1.165, 1.54) is 12.1 Å². The Morgan fingerprint density at radius 1 is 1.47 bits per heavy atom. The van der Waals surface area contributed by atoms with Gasteiger partial charge in [-0.15, -0.1) is 0 Å². The van der Waals surface area contributed by atoms with Crippen LogP contribution >= 0.6 is 0 Å². The van der Waals surface area contributed by atoms with Crippen molar-refractivity contribution in [2.45, 2.75) is 12.3 Å². The molecule has 6 heteroatoms. The zero-order chi connectivity index (χ0) is 12.5. The van der Waals surface area contributed by atoms with E-state index in [0.717, 1.165) is 6.07 Å². The molecule has 2 rings (SSSR count). The number of halogens is 3. The van der Waals surface area contributed by atoms with Gasteiger partial charge in [-0.1, -0.05) is 6.07 Å². The first kappa shape index (κ1) is 11.9. The second kappa shape index (κ2) is 4.37. The van der Waals surface area contributed by atoms with Gasteiger partial charge in [-0.3, -0.25) is 4.79 Å². The summed E-state index contributed by atoms with van der Waals surface area (Å²) in [6, 6.07) is 3.34. The summed E-state index contributed by atoms with van der Waals surface area (Å²) >= 11 is 0. The molecule has 0 spiro atoms. The summed E-state index contributed by atoms with van der Waals surface area (Å²) in [4.78, 5) is 10.7. The van der Waals surface area contributed by atoms with Crippen LogP contribution in [0.25, 0.3) is 0 Å². The molecule has 1 heterocycles. The zero-order valence-corrected chi connectivity index (χ0v) is 8.66. The molecule has 1 aliphatic heterocycles. The number of para-hydroxylation sites is 1. The Hall–Kier alpha value is -1.56. The van der Waals surface area contributed by atoms with Crippen LogP contribution in [0.15, 0.2) is 18.2 Å². The number of benzene rings is 1. The third-order valence-electron chi connectivity index (χ3n) is 2.29. The Kier molecular flexibility index (Phi) is 3.06. The minimum Gasteiger partial charge on any atom is -0.489 e. The third kappa shape index (κ3) is 2.76. The lowest BCUT2D eigenvalue weighted by Crippen LogP contribution is -2.13. The van der Waals surface area contributed by atoms with Gasteiger partial charge in [0.1, 0.15) is 18.5 Å². The van der Waals surface area contributed by atoms with Crippen molar-refractivity contribution in [3.8, 4) is 5.75 Å². The first-order valence-electron chi connectivity index (χ1n) is 4.92. The quantitative estimate of drug-likeness (QED) is 0.604. The van der Waals surface area contributed by atoms with Crippen LogP contribution in [0.3, 0.4) is 0 Å². The van der Waals surface area contributed by atoms with Crippen LogP contribution in [0.1, 0.15) is 15.9 Å². The molecule has 1 unspecified atom stereocenters. The molecule has 0 bridgehead atoms. The van der Waals surface area contributed by atoms with E-state index in [0.29, 0.717) is 12.9 Å². The lowest BCUT2D eigenvalue weighted by molar-refractivity contribution is -0.139. The van der Waals surface area contributed by atoms with Crippen molar-refractivity contribution < 1.29 is 27.4 Å². The molecular formula is C11H9F3O3. The van der Waals surface area contributed by atoms with Gasteiger partial charge in [-0.2, -0.15) is 13.2 Å². The van der Waals surface area contributed by atoms with Crippen molar-refractivity contribution in [3.63, 3.8) is 0 Å². The van der Waals surface area contributed by atoms with Crippen LogP contribution in [0.2, 0.25) is 0 Å². The number of alkyl halides is 3. The molecule has 1 aliphatic rings. The molecule has 1 aromatic rings. The Balaban J connectivity index is 2.31. The van der Waals surface area contributed by atoms with E-state index in [1.807, 2.05) is 0 Å². The zero-order valence-electron chi connectivity index (χ0n) is 8.66. The summed E-state index contributed by atoms with van der Waals surface area (Å²) in [5.41, 5.74) is -1.05. The number of hydrogen-bond acceptors (Lipinski definition) is 3. The van der Waals surface area contributed by atoms with Gasteiger partial charge in [0.25, 0.3) is 0 Å². The lowest BCUT2D eigenvalue weighted by atomic mass is 10.1. The van der Waals surface area contributed by atoms with E-state index in [2.05, 4.69) is 0 Å². The summed E-state index contributed by atoms with van der Waals surface area (Å²) in [7, 11) is 0. The first-order chi connectivity index (χ1) is 8.02. The number of ether oxygens (including phenoxy) is 2. The van der Waals surface area contributed by atoms with Crippen LogP contribution in [0.4, 0.5) is 13.2 Å². The fourth-order valence-corrected chi connectivity index (χ4v) is 1.37. The molecule has 1 saturated heterocycles. The van der Waals surface area contributed by atoms with E-state index in [4.69, 9.17) is 9.47 Å². The van der Waals surface area contributed by atoms with Crippen molar-refractivity contribution in [1.29, 1.82) is 0 Å². The SMILES string of the molecule is O=Cc1cccc(C(F)(F)F)c1OCC1CO1. The van der Waals surface area contributed by atoms with Crippen LogP contribution in [-0.4, -0.2) is 25.6 Å². The summed E-state index contributed by atoms with van der Waals surface area (Å²) < 4.78 is 47.9. The number of epoxide rings is 1. The molecule has 0 amide bonds. The van der Waals surface area contributed by atoms with E-state index in [-0.39, 0.29) is 18.3 Å². The topological polar surface area (TPSA) is 38.8 Å². The molecule has 0 radical (unpaired) electrons. The highest BCUT2D eigenvalue weighted by Crippen LogP contribution is 2.38. The van der Waals surface area contributed by atoms with Gasteiger partial charge in [0.15, 0.2) is 6.29 Å². The highest BCUT2D eigenvalue weighted by atomic mass is 19.4. The fourth-order valence-electron chi connectivity index (χ4n) is 1.37. The van der Waals surface area contributed by atoms with Gasteiger partial charge in [-0.25, -0.2) is 0 Å². The van der Waals surface area contributed by atoms with Gasteiger partial charge in [0, 0.05) is 0 Å². The molecule has 0 aromatic heterocycles. The summed E-state index contributed by atoms with van der Waals surface area (Å²) in [6.07, 6.45) is -4.37.